The van der Waals surface area contributed by atoms with E-state index in [1.807, 2.05) is 6.92 Å². The zero-order valence-electron chi connectivity index (χ0n) is 11.8. The fraction of sp³-hybridized carbons (Fsp3) is 0.375. The van der Waals surface area contributed by atoms with Crippen LogP contribution in [0.15, 0.2) is 28.7 Å². The maximum atomic E-state index is 12.4. The number of carboxylic acids is 1. The Hall–Kier alpha value is -2.30. The molecule has 1 aromatic carbocycles. The highest BCUT2D eigenvalue weighted by Crippen LogP contribution is 2.44. The number of furan rings is 1. The number of rotatable bonds is 4. The molecule has 0 atom stereocenters. The number of anilines is 1. The minimum absolute atomic E-state index is 0.0533. The standard InChI is InChI=1S/C16H17NO4/c1-2-16(6-3-7-16)15(20)17-11-4-5-12-10(8-11)9-13(21-12)14(18)19/h4-5,8-9H,2-3,6-7H2,1H3,(H,17,20)(H,18,19). The van der Waals surface area contributed by atoms with Crippen molar-refractivity contribution >= 4 is 28.5 Å². The van der Waals surface area contributed by atoms with E-state index in [1.165, 1.54) is 6.07 Å². The monoisotopic (exact) mass is 287 g/mol. The molecular weight excluding hydrogens is 270 g/mol. The Labute approximate surface area is 121 Å². The van der Waals surface area contributed by atoms with Crippen LogP contribution in [0.2, 0.25) is 0 Å². The second-order valence-electron chi connectivity index (χ2n) is 5.61. The van der Waals surface area contributed by atoms with Crippen LogP contribution in [0.4, 0.5) is 5.69 Å². The van der Waals surface area contributed by atoms with E-state index in [0.29, 0.717) is 16.7 Å². The van der Waals surface area contributed by atoms with E-state index >= 15 is 0 Å². The zero-order chi connectivity index (χ0) is 15.0. The van der Waals surface area contributed by atoms with E-state index in [9.17, 15) is 9.59 Å². The van der Waals surface area contributed by atoms with E-state index in [-0.39, 0.29) is 17.1 Å². The van der Waals surface area contributed by atoms with E-state index in [1.54, 1.807) is 18.2 Å². The van der Waals surface area contributed by atoms with Crippen LogP contribution in [0.1, 0.15) is 43.2 Å². The molecule has 21 heavy (non-hydrogen) atoms. The summed E-state index contributed by atoms with van der Waals surface area (Å²) in [6.45, 7) is 2.04. The Balaban J connectivity index is 1.84. The minimum Gasteiger partial charge on any atom is -0.475 e. The Kier molecular flexibility index (Phi) is 3.20. The van der Waals surface area contributed by atoms with Crippen LogP contribution < -0.4 is 5.32 Å². The number of benzene rings is 1. The minimum atomic E-state index is -1.10. The van der Waals surface area contributed by atoms with E-state index in [4.69, 9.17) is 9.52 Å². The summed E-state index contributed by atoms with van der Waals surface area (Å²) in [4.78, 5) is 23.3. The number of aromatic carboxylic acids is 1. The van der Waals surface area contributed by atoms with E-state index in [2.05, 4.69) is 5.32 Å². The normalized spacial score (nSPS) is 16.4. The lowest BCUT2D eigenvalue weighted by molar-refractivity contribution is -0.130. The first-order valence-electron chi connectivity index (χ1n) is 7.12. The fourth-order valence-electron chi connectivity index (χ4n) is 2.83. The molecule has 1 amide bonds. The van der Waals surface area contributed by atoms with Crippen molar-refractivity contribution < 1.29 is 19.1 Å². The van der Waals surface area contributed by atoms with Gasteiger partial charge in [-0.05, 0) is 43.5 Å². The molecule has 0 spiro atoms. The van der Waals surface area contributed by atoms with Gasteiger partial charge < -0.3 is 14.8 Å². The number of carbonyl (C=O) groups excluding carboxylic acids is 1. The lowest BCUT2D eigenvalue weighted by Gasteiger charge is -2.39. The van der Waals surface area contributed by atoms with Gasteiger partial charge in [0, 0.05) is 16.5 Å². The van der Waals surface area contributed by atoms with Crippen molar-refractivity contribution in [1.29, 1.82) is 0 Å². The molecule has 110 valence electrons. The summed E-state index contributed by atoms with van der Waals surface area (Å²) in [6, 6.07) is 6.62. The van der Waals surface area contributed by atoms with Gasteiger partial charge in [0.2, 0.25) is 11.7 Å². The third kappa shape index (κ3) is 2.28. The van der Waals surface area contributed by atoms with Gasteiger partial charge in [0.25, 0.3) is 0 Å². The second kappa shape index (κ2) is 4.91. The average molecular weight is 287 g/mol. The molecule has 5 nitrogen and oxygen atoms in total. The summed E-state index contributed by atoms with van der Waals surface area (Å²) in [6.07, 6.45) is 3.82. The fourth-order valence-corrected chi connectivity index (χ4v) is 2.83. The van der Waals surface area contributed by atoms with Crippen molar-refractivity contribution in [1.82, 2.24) is 0 Å². The molecule has 1 heterocycles. The third-order valence-corrected chi connectivity index (χ3v) is 4.45. The van der Waals surface area contributed by atoms with E-state index < -0.39 is 5.97 Å². The highest BCUT2D eigenvalue weighted by Gasteiger charge is 2.42. The largest absolute Gasteiger partial charge is 0.475 e. The van der Waals surface area contributed by atoms with Gasteiger partial charge in [-0.3, -0.25) is 4.79 Å². The molecule has 0 unspecified atom stereocenters. The van der Waals surface area contributed by atoms with Gasteiger partial charge in [0.05, 0.1) is 0 Å². The third-order valence-electron chi connectivity index (χ3n) is 4.45. The highest BCUT2D eigenvalue weighted by molar-refractivity contribution is 5.98. The number of amides is 1. The van der Waals surface area contributed by atoms with Crippen LogP contribution in [0.25, 0.3) is 11.0 Å². The molecule has 0 bridgehead atoms. The van der Waals surface area contributed by atoms with Crippen LogP contribution in [-0.4, -0.2) is 17.0 Å². The SMILES string of the molecule is CCC1(C(=O)Nc2ccc3oc(C(=O)O)cc3c2)CCC1. The van der Waals surface area contributed by atoms with Gasteiger partial charge in [-0.1, -0.05) is 13.3 Å². The number of nitrogens with one attached hydrogen (secondary N) is 1. The predicted octanol–water partition coefficient (Wildman–Crippen LogP) is 3.65. The molecule has 1 fully saturated rings. The van der Waals surface area contributed by atoms with Crippen LogP contribution in [-0.2, 0) is 4.79 Å². The Bertz CT molecular complexity index is 707. The smallest absolute Gasteiger partial charge is 0.371 e. The molecule has 3 rings (SSSR count). The molecule has 1 aliphatic carbocycles. The van der Waals surface area contributed by atoms with Crippen molar-refractivity contribution in [2.45, 2.75) is 32.6 Å². The van der Waals surface area contributed by atoms with Crippen LogP contribution >= 0.6 is 0 Å². The zero-order valence-corrected chi connectivity index (χ0v) is 11.8. The Morgan fingerprint density at radius 3 is 2.67 bits per heavy atom. The number of carbonyl (C=O) groups is 2. The maximum Gasteiger partial charge on any atom is 0.371 e. The summed E-state index contributed by atoms with van der Waals surface area (Å²) in [5.41, 5.74) is 0.946. The van der Waals surface area contributed by atoms with Crippen LogP contribution in [0.5, 0.6) is 0 Å². The van der Waals surface area contributed by atoms with Gasteiger partial charge in [0.15, 0.2) is 0 Å². The lowest BCUT2D eigenvalue weighted by atomic mass is 9.66. The molecule has 5 heteroatoms. The van der Waals surface area contributed by atoms with Gasteiger partial charge in [-0.2, -0.15) is 0 Å². The number of carboxylic acid groups (broad SMARTS) is 1. The van der Waals surface area contributed by atoms with Crippen LogP contribution in [0.3, 0.4) is 0 Å². The summed E-state index contributed by atoms with van der Waals surface area (Å²) in [5.74, 6) is -1.15. The summed E-state index contributed by atoms with van der Waals surface area (Å²) in [5, 5.41) is 12.5. The molecule has 1 aliphatic rings. The topological polar surface area (TPSA) is 79.5 Å². The predicted molar refractivity (Wildman–Crippen MR) is 78.4 cm³/mol. The molecule has 1 aromatic heterocycles. The Morgan fingerprint density at radius 1 is 1.33 bits per heavy atom. The average Bonchev–Trinajstić information content (AvgIpc) is 2.81. The molecule has 1 saturated carbocycles. The molecule has 2 aromatic rings. The van der Waals surface area contributed by atoms with Gasteiger partial charge in [0.1, 0.15) is 5.58 Å². The maximum absolute atomic E-state index is 12.4. The lowest BCUT2D eigenvalue weighted by Crippen LogP contribution is -2.41. The first-order valence-corrected chi connectivity index (χ1v) is 7.12. The first-order chi connectivity index (χ1) is 10.0. The van der Waals surface area contributed by atoms with Gasteiger partial charge in [-0.25, -0.2) is 4.79 Å². The van der Waals surface area contributed by atoms with E-state index in [0.717, 1.165) is 25.7 Å². The van der Waals surface area contributed by atoms with Crippen molar-refractivity contribution in [3.8, 4) is 0 Å². The quantitative estimate of drug-likeness (QED) is 0.899. The molecule has 0 aliphatic heterocycles. The number of hydrogen-bond donors (Lipinski definition) is 2. The van der Waals surface area contributed by atoms with Gasteiger partial charge >= 0.3 is 5.97 Å². The summed E-state index contributed by atoms with van der Waals surface area (Å²) < 4.78 is 5.20. The van der Waals surface area contributed by atoms with Crippen molar-refractivity contribution in [3.63, 3.8) is 0 Å². The van der Waals surface area contributed by atoms with Crippen molar-refractivity contribution in [3.05, 3.63) is 30.0 Å². The van der Waals surface area contributed by atoms with Crippen LogP contribution in [0, 0.1) is 5.41 Å². The molecule has 0 saturated heterocycles. The summed E-state index contributed by atoms with van der Waals surface area (Å²) in [7, 11) is 0. The first kappa shape index (κ1) is 13.7. The molecular formula is C16H17NO4. The van der Waals surface area contributed by atoms with Gasteiger partial charge in [-0.15, -0.1) is 0 Å². The summed E-state index contributed by atoms with van der Waals surface area (Å²) >= 11 is 0. The van der Waals surface area contributed by atoms with Crippen molar-refractivity contribution in [2.75, 3.05) is 5.32 Å². The number of fused-ring (bicyclic) bond motifs is 1. The molecule has 0 radical (unpaired) electrons. The second-order valence-corrected chi connectivity index (χ2v) is 5.61. The highest BCUT2D eigenvalue weighted by atomic mass is 16.4. The molecule has 2 N–H and O–H groups in total. The van der Waals surface area contributed by atoms with Crippen molar-refractivity contribution in [2.24, 2.45) is 5.41 Å². The Morgan fingerprint density at radius 2 is 2.10 bits per heavy atom. The number of hydrogen-bond acceptors (Lipinski definition) is 3.